The number of aromatic nitrogens is 1. The highest BCUT2D eigenvalue weighted by atomic mass is 32.1. The van der Waals surface area contributed by atoms with Gasteiger partial charge in [-0.05, 0) is 36.2 Å². The molecule has 0 unspecified atom stereocenters. The Balaban J connectivity index is 1.51. The topological polar surface area (TPSA) is 15.9 Å². The van der Waals surface area contributed by atoms with Gasteiger partial charge in [-0.25, -0.2) is 4.57 Å². The van der Waals surface area contributed by atoms with Crippen LogP contribution in [0, 0.1) is 0 Å². The highest BCUT2D eigenvalue weighted by molar-refractivity contribution is 7.18. The maximum absolute atomic E-state index is 3.55. The van der Waals surface area contributed by atoms with Crippen molar-refractivity contribution < 1.29 is 4.57 Å². The Labute approximate surface area is 167 Å². The molecule has 0 fully saturated rings. The molecular formula is C24H31N2S+. The first-order valence-corrected chi connectivity index (χ1v) is 11.0. The monoisotopic (exact) mass is 379 g/mol. The quantitative estimate of drug-likeness (QED) is 0.307. The van der Waals surface area contributed by atoms with Gasteiger partial charge in [-0.15, -0.1) is 11.3 Å². The standard InChI is InChI=1S/C24H30N2S/c1-3-4-5-6-7-8-17-25-22-11-9-20(10-12-22)23-13-14-24(27-23)21-15-18-26(2)19-16-21/h9-16,18-19H,3-8,17H2,1-2H3/p+1. The van der Waals surface area contributed by atoms with E-state index in [1.54, 1.807) is 0 Å². The molecule has 27 heavy (non-hydrogen) atoms. The lowest BCUT2D eigenvalue weighted by Crippen LogP contribution is -2.25. The van der Waals surface area contributed by atoms with E-state index in [9.17, 15) is 0 Å². The lowest BCUT2D eigenvalue weighted by molar-refractivity contribution is -0.671. The maximum atomic E-state index is 3.55. The van der Waals surface area contributed by atoms with Crippen LogP contribution < -0.4 is 9.88 Å². The lowest BCUT2D eigenvalue weighted by Gasteiger charge is -2.07. The normalized spacial score (nSPS) is 10.9. The van der Waals surface area contributed by atoms with E-state index < -0.39 is 0 Å². The molecule has 142 valence electrons. The van der Waals surface area contributed by atoms with Gasteiger partial charge < -0.3 is 5.32 Å². The average molecular weight is 380 g/mol. The fourth-order valence-corrected chi connectivity index (χ4v) is 4.22. The van der Waals surface area contributed by atoms with Crippen molar-refractivity contribution in [1.82, 2.24) is 0 Å². The molecule has 1 aromatic carbocycles. The van der Waals surface area contributed by atoms with Gasteiger partial charge in [-0.1, -0.05) is 51.2 Å². The third-order valence-corrected chi connectivity index (χ3v) is 6.08. The number of unbranched alkanes of at least 4 members (excludes halogenated alkanes) is 5. The van der Waals surface area contributed by atoms with Gasteiger partial charge in [0, 0.05) is 39.7 Å². The number of rotatable bonds is 10. The molecule has 3 aromatic rings. The summed E-state index contributed by atoms with van der Waals surface area (Å²) in [5, 5.41) is 3.55. The first-order chi connectivity index (χ1) is 13.3. The second-order valence-electron chi connectivity index (χ2n) is 7.19. The third-order valence-electron chi connectivity index (χ3n) is 4.90. The summed E-state index contributed by atoms with van der Waals surface area (Å²) in [5.41, 5.74) is 3.79. The van der Waals surface area contributed by atoms with Crippen molar-refractivity contribution in [3.63, 3.8) is 0 Å². The molecule has 0 aliphatic heterocycles. The Morgan fingerprint density at radius 2 is 1.33 bits per heavy atom. The van der Waals surface area contributed by atoms with Crippen LogP contribution >= 0.6 is 11.3 Å². The minimum atomic E-state index is 1.07. The predicted molar refractivity (Wildman–Crippen MR) is 118 cm³/mol. The predicted octanol–water partition coefficient (Wildman–Crippen LogP) is 6.68. The van der Waals surface area contributed by atoms with E-state index in [0.717, 1.165) is 6.54 Å². The number of nitrogens with zero attached hydrogens (tertiary/aromatic N) is 1. The maximum Gasteiger partial charge on any atom is 0.169 e. The zero-order chi connectivity index (χ0) is 18.9. The zero-order valence-corrected chi connectivity index (χ0v) is 17.4. The van der Waals surface area contributed by atoms with E-state index in [2.05, 4.69) is 77.7 Å². The fraction of sp³-hybridized carbons (Fsp3) is 0.375. The summed E-state index contributed by atoms with van der Waals surface area (Å²) in [6, 6.07) is 17.7. The fourth-order valence-electron chi connectivity index (χ4n) is 3.20. The Hall–Kier alpha value is -2.13. The largest absolute Gasteiger partial charge is 0.385 e. The van der Waals surface area contributed by atoms with Crippen LogP contribution in [-0.4, -0.2) is 6.54 Å². The molecule has 0 atom stereocenters. The van der Waals surface area contributed by atoms with Gasteiger partial charge in [-0.2, -0.15) is 0 Å². The number of aryl methyl sites for hydroxylation is 1. The molecule has 1 N–H and O–H groups in total. The van der Waals surface area contributed by atoms with Gasteiger partial charge >= 0.3 is 0 Å². The Morgan fingerprint density at radius 1 is 0.741 bits per heavy atom. The molecular weight excluding hydrogens is 348 g/mol. The van der Waals surface area contributed by atoms with Crippen molar-refractivity contribution in [2.75, 3.05) is 11.9 Å². The van der Waals surface area contributed by atoms with Gasteiger partial charge in [0.05, 0.1) is 0 Å². The molecule has 2 aromatic heterocycles. The van der Waals surface area contributed by atoms with E-state index in [1.165, 1.54) is 65.1 Å². The summed E-state index contributed by atoms with van der Waals surface area (Å²) in [5.74, 6) is 0. The Kier molecular flexibility index (Phi) is 7.46. The second-order valence-corrected chi connectivity index (χ2v) is 8.27. The van der Waals surface area contributed by atoms with Crippen LogP contribution in [0.5, 0.6) is 0 Å². The average Bonchev–Trinajstić information content (AvgIpc) is 3.18. The number of benzene rings is 1. The van der Waals surface area contributed by atoms with Crippen molar-refractivity contribution in [2.45, 2.75) is 45.4 Å². The number of thiophene rings is 1. The highest BCUT2D eigenvalue weighted by Crippen LogP contribution is 2.34. The van der Waals surface area contributed by atoms with Crippen LogP contribution in [0.2, 0.25) is 0 Å². The molecule has 0 saturated carbocycles. The van der Waals surface area contributed by atoms with Crippen LogP contribution in [0.15, 0.2) is 60.9 Å². The van der Waals surface area contributed by atoms with Gasteiger partial charge in [0.25, 0.3) is 0 Å². The van der Waals surface area contributed by atoms with Gasteiger partial charge in [0.2, 0.25) is 0 Å². The summed E-state index contributed by atoms with van der Waals surface area (Å²) < 4.78 is 2.06. The molecule has 0 spiro atoms. The van der Waals surface area contributed by atoms with Crippen molar-refractivity contribution >= 4 is 17.0 Å². The highest BCUT2D eigenvalue weighted by Gasteiger charge is 2.06. The van der Waals surface area contributed by atoms with Crippen LogP contribution in [-0.2, 0) is 7.05 Å². The number of hydrogen-bond acceptors (Lipinski definition) is 2. The Morgan fingerprint density at radius 3 is 2.00 bits per heavy atom. The smallest absolute Gasteiger partial charge is 0.169 e. The van der Waals surface area contributed by atoms with E-state index in [4.69, 9.17) is 0 Å². The number of nitrogens with one attached hydrogen (secondary N) is 1. The zero-order valence-electron chi connectivity index (χ0n) is 16.6. The molecule has 0 aliphatic rings. The molecule has 2 nitrogen and oxygen atoms in total. The number of hydrogen-bond donors (Lipinski definition) is 1. The summed E-state index contributed by atoms with van der Waals surface area (Å²) in [6.07, 6.45) is 12.2. The van der Waals surface area contributed by atoms with Crippen molar-refractivity contribution in [1.29, 1.82) is 0 Å². The van der Waals surface area contributed by atoms with Crippen LogP contribution in [0.3, 0.4) is 0 Å². The van der Waals surface area contributed by atoms with Crippen LogP contribution in [0.25, 0.3) is 20.9 Å². The summed E-state index contributed by atoms with van der Waals surface area (Å²) in [4.78, 5) is 2.64. The van der Waals surface area contributed by atoms with E-state index in [-0.39, 0.29) is 0 Å². The van der Waals surface area contributed by atoms with Gasteiger partial charge in [-0.3, -0.25) is 0 Å². The van der Waals surface area contributed by atoms with Gasteiger partial charge in [0.15, 0.2) is 12.4 Å². The molecule has 2 heterocycles. The summed E-state index contributed by atoms with van der Waals surface area (Å²) >= 11 is 1.85. The number of anilines is 1. The molecule has 0 saturated heterocycles. The molecule has 0 amide bonds. The van der Waals surface area contributed by atoms with Crippen molar-refractivity contribution in [2.24, 2.45) is 7.05 Å². The summed E-state index contributed by atoms with van der Waals surface area (Å²) in [7, 11) is 2.05. The molecule has 0 bridgehead atoms. The third kappa shape index (κ3) is 5.93. The van der Waals surface area contributed by atoms with Crippen LogP contribution in [0.1, 0.15) is 45.4 Å². The number of pyridine rings is 1. The van der Waals surface area contributed by atoms with E-state index in [1.807, 2.05) is 18.4 Å². The van der Waals surface area contributed by atoms with Crippen molar-refractivity contribution in [3.05, 3.63) is 60.9 Å². The van der Waals surface area contributed by atoms with E-state index in [0.29, 0.717) is 0 Å². The second kappa shape index (κ2) is 10.3. The van der Waals surface area contributed by atoms with Crippen molar-refractivity contribution in [3.8, 4) is 20.9 Å². The Bertz CT molecular complexity index is 803. The first kappa shape index (κ1) is 19.6. The van der Waals surface area contributed by atoms with Gasteiger partial charge in [0.1, 0.15) is 7.05 Å². The molecule has 0 radical (unpaired) electrons. The SMILES string of the molecule is CCCCCCCCNc1ccc(-c2ccc(-c3cc[n+](C)cc3)s2)cc1. The molecule has 3 rings (SSSR count). The van der Waals surface area contributed by atoms with E-state index >= 15 is 0 Å². The minimum absolute atomic E-state index is 1.07. The summed E-state index contributed by atoms with van der Waals surface area (Å²) in [6.45, 7) is 3.34. The minimum Gasteiger partial charge on any atom is -0.385 e. The first-order valence-electron chi connectivity index (χ1n) is 10.2. The van der Waals surface area contributed by atoms with Crippen LogP contribution in [0.4, 0.5) is 5.69 Å². The lowest BCUT2D eigenvalue weighted by atomic mass is 10.1. The molecule has 3 heteroatoms. The molecule has 0 aliphatic carbocycles.